The lowest BCUT2D eigenvalue weighted by atomic mass is 9.86. The number of aliphatic hydroxyl groups excluding tert-OH is 1. The Balaban J connectivity index is 0.000000616. The normalized spacial score (nSPS) is 12.9. The zero-order valence-electron chi connectivity index (χ0n) is 22.8. The summed E-state index contributed by atoms with van der Waals surface area (Å²) >= 11 is 1.35. The molecule has 0 saturated heterocycles. The maximum atomic E-state index is 13.1. The number of nitrogen functional groups attached to an aromatic ring is 1. The number of amides is 2. The van der Waals surface area contributed by atoms with E-state index in [2.05, 4.69) is 36.4 Å². The zero-order chi connectivity index (χ0) is 31.2. The number of fused-ring (bicyclic) bond motifs is 1. The van der Waals surface area contributed by atoms with E-state index in [1.165, 1.54) is 11.3 Å². The molecule has 1 aromatic heterocycles. The second kappa shape index (κ2) is 13.0. The Morgan fingerprint density at radius 1 is 0.952 bits per heavy atom. The van der Waals surface area contributed by atoms with E-state index in [1.807, 2.05) is 24.3 Å². The van der Waals surface area contributed by atoms with Gasteiger partial charge in [-0.25, -0.2) is 9.78 Å². The summed E-state index contributed by atoms with van der Waals surface area (Å²) in [5.74, 6) is -3.79. The van der Waals surface area contributed by atoms with Crippen LogP contribution in [-0.2, 0) is 15.0 Å². The number of carbonyl (C=O) groups is 3. The summed E-state index contributed by atoms with van der Waals surface area (Å²) in [6.07, 6.45) is -6.62. The van der Waals surface area contributed by atoms with E-state index < -0.39 is 30.2 Å². The Morgan fingerprint density at radius 2 is 1.55 bits per heavy atom. The number of aromatic nitrogens is 1. The minimum absolute atomic E-state index is 0.0386. The Morgan fingerprint density at radius 3 is 2.10 bits per heavy atom. The highest BCUT2D eigenvalue weighted by atomic mass is 32.1. The highest BCUT2D eigenvalue weighted by molar-refractivity contribution is 7.22. The number of nitrogens with one attached hydrogen (secondary N) is 2. The average molecular weight is 603 g/mol. The van der Waals surface area contributed by atoms with Crippen molar-refractivity contribution >= 4 is 50.2 Å². The number of carboxylic acid groups (broad SMARTS) is 1. The van der Waals surface area contributed by atoms with E-state index >= 15 is 0 Å². The molecule has 2 atom stereocenters. The van der Waals surface area contributed by atoms with Crippen molar-refractivity contribution in [2.75, 3.05) is 11.1 Å². The monoisotopic (exact) mass is 602 g/mol. The third-order valence-corrected chi connectivity index (χ3v) is 6.82. The lowest BCUT2D eigenvalue weighted by Gasteiger charge is -2.24. The largest absolute Gasteiger partial charge is 0.490 e. The minimum Gasteiger partial charge on any atom is -0.475 e. The van der Waals surface area contributed by atoms with Gasteiger partial charge in [-0.3, -0.25) is 9.59 Å². The maximum Gasteiger partial charge on any atom is 0.490 e. The first-order valence-electron chi connectivity index (χ1n) is 12.5. The SMILES string of the molecule is CC(C)(C)c1ccc(C(=O)N[C@@H](c2ccccc2)[C@@H](O)C(=O)Nc2ccc3sc(N)nc3c2)cc1.O=C(O)C(F)(F)F. The average Bonchev–Trinajstić information content (AvgIpc) is 3.30. The Kier molecular flexibility index (Phi) is 9.91. The summed E-state index contributed by atoms with van der Waals surface area (Å²) in [7, 11) is 0. The third-order valence-electron chi connectivity index (χ3n) is 5.96. The summed E-state index contributed by atoms with van der Waals surface area (Å²) < 4.78 is 32.6. The molecule has 0 aliphatic carbocycles. The van der Waals surface area contributed by atoms with E-state index in [1.54, 1.807) is 48.5 Å². The number of carboxylic acids is 1. The molecule has 42 heavy (non-hydrogen) atoms. The van der Waals surface area contributed by atoms with Crippen molar-refractivity contribution in [3.8, 4) is 0 Å². The van der Waals surface area contributed by atoms with Crippen molar-refractivity contribution < 1.29 is 37.8 Å². The van der Waals surface area contributed by atoms with Gasteiger partial charge < -0.3 is 26.6 Å². The number of nitrogens with two attached hydrogens (primary N) is 1. The number of carbonyl (C=O) groups excluding carboxylic acids is 2. The summed E-state index contributed by atoms with van der Waals surface area (Å²) in [6.45, 7) is 6.30. The van der Waals surface area contributed by atoms with E-state index in [9.17, 15) is 27.9 Å². The van der Waals surface area contributed by atoms with Crippen LogP contribution in [0.3, 0.4) is 0 Å². The van der Waals surface area contributed by atoms with Gasteiger partial charge in [0, 0.05) is 11.3 Å². The first-order valence-corrected chi connectivity index (χ1v) is 13.3. The van der Waals surface area contributed by atoms with Gasteiger partial charge in [0.15, 0.2) is 11.2 Å². The van der Waals surface area contributed by atoms with Gasteiger partial charge in [-0.1, -0.05) is 74.6 Å². The van der Waals surface area contributed by atoms with Crippen LogP contribution in [0.25, 0.3) is 10.2 Å². The number of alkyl halides is 3. The van der Waals surface area contributed by atoms with Crippen LogP contribution >= 0.6 is 11.3 Å². The number of hydrogen-bond donors (Lipinski definition) is 5. The molecule has 222 valence electrons. The third kappa shape index (κ3) is 8.51. The first kappa shape index (κ1) is 32.0. The Labute approximate surface area is 243 Å². The van der Waals surface area contributed by atoms with Gasteiger partial charge in [0.05, 0.1) is 16.3 Å². The van der Waals surface area contributed by atoms with Crippen LogP contribution in [0.1, 0.15) is 48.3 Å². The second-order valence-corrected chi connectivity index (χ2v) is 11.2. The molecule has 0 saturated carbocycles. The topological polar surface area (TPSA) is 155 Å². The van der Waals surface area contributed by atoms with Gasteiger partial charge in [-0.2, -0.15) is 13.2 Å². The van der Waals surface area contributed by atoms with E-state index in [4.69, 9.17) is 15.6 Å². The van der Waals surface area contributed by atoms with E-state index in [-0.39, 0.29) is 11.3 Å². The minimum atomic E-state index is -5.08. The fourth-order valence-electron chi connectivity index (χ4n) is 3.74. The summed E-state index contributed by atoms with van der Waals surface area (Å²) in [4.78, 5) is 39.2. The smallest absolute Gasteiger partial charge is 0.475 e. The van der Waals surface area contributed by atoms with E-state index in [0.29, 0.717) is 27.5 Å². The van der Waals surface area contributed by atoms with Crippen LogP contribution in [0.2, 0.25) is 0 Å². The molecule has 4 aromatic rings. The molecule has 6 N–H and O–H groups in total. The number of aliphatic carboxylic acids is 1. The highest BCUT2D eigenvalue weighted by Gasteiger charge is 2.38. The Bertz CT molecular complexity index is 1550. The molecule has 0 bridgehead atoms. The molecule has 4 rings (SSSR count). The van der Waals surface area contributed by atoms with Crippen LogP contribution in [0.15, 0.2) is 72.8 Å². The molecular formula is C29H29F3N4O5S. The molecule has 9 nitrogen and oxygen atoms in total. The molecule has 0 unspecified atom stereocenters. The number of aliphatic hydroxyl groups is 1. The van der Waals surface area contributed by atoms with Crippen LogP contribution in [0.5, 0.6) is 0 Å². The summed E-state index contributed by atoms with van der Waals surface area (Å²) in [5, 5.41) is 24.1. The number of thiazole rings is 1. The lowest BCUT2D eigenvalue weighted by Crippen LogP contribution is -2.42. The first-order chi connectivity index (χ1) is 19.6. The van der Waals surface area contributed by atoms with Gasteiger partial charge in [-0.15, -0.1) is 0 Å². The maximum absolute atomic E-state index is 13.1. The highest BCUT2D eigenvalue weighted by Crippen LogP contribution is 2.27. The number of rotatable bonds is 6. The van der Waals surface area contributed by atoms with Crippen molar-refractivity contribution in [3.05, 3.63) is 89.5 Å². The number of anilines is 2. The zero-order valence-corrected chi connectivity index (χ0v) is 23.6. The van der Waals surface area contributed by atoms with Crippen LogP contribution < -0.4 is 16.4 Å². The van der Waals surface area contributed by atoms with Crippen molar-refractivity contribution in [2.45, 2.75) is 44.5 Å². The summed E-state index contributed by atoms with van der Waals surface area (Å²) in [6, 6.07) is 20.5. The predicted octanol–water partition coefficient (Wildman–Crippen LogP) is 5.28. The van der Waals surface area contributed by atoms with Crippen molar-refractivity contribution in [1.82, 2.24) is 10.3 Å². The quantitative estimate of drug-likeness (QED) is 0.201. The number of hydrogen-bond acceptors (Lipinski definition) is 7. The Hall–Kier alpha value is -4.49. The summed E-state index contributed by atoms with van der Waals surface area (Å²) in [5.41, 5.74) is 9.01. The second-order valence-electron chi connectivity index (χ2n) is 10.2. The van der Waals surface area contributed by atoms with Crippen LogP contribution in [0.4, 0.5) is 24.0 Å². The van der Waals surface area contributed by atoms with Gasteiger partial charge >= 0.3 is 12.1 Å². The van der Waals surface area contributed by atoms with Gasteiger partial charge in [-0.05, 0) is 46.9 Å². The molecule has 2 amide bonds. The fraction of sp³-hybridized carbons (Fsp3) is 0.241. The molecule has 1 heterocycles. The molecular weight excluding hydrogens is 573 g/mol. The number of halogens is 3. The van der Waals surface area contributed by atoms with Crippen molar-refractivity contribution in [1.29, 1.82) is 0 Å². The molecule has 0 spiro atoms. The van der Waals surface area contributed by atoms with E-state index in [0.717, 1.165) is 10.3 Å². The molecule has 3 aromatic carbocycles. The fourth-order valence-corrected chi connectivity index (χ4v) is 4.46. The lowest BCUT2D eigenvalue weighted by molar-refractivity contribution is -0.192. The van der Waals surface area contributed by atoms with Gasteiger partial charge in [0.1, 0.15) is 0 Å². The van der Waals surface area contributed by atoms with Crippen LogP contribution in [0, 0.1) is 0 Å². The standard InChI is InChI=1S/C27H28N4O3S.C2HF3O2/c1-27(2,3)18-11-9-17(10-12-18)24(33)31-22(16-7-5-4-6-8-16)23(32)25(34)29-19-13-14-21-20(15-19)30-26(28)35-21;3-2(4,5)1(6)7/h4-15,22-23,32H,1-3H3,(H2,28,30)(H,29,34)(H,31,33);(H,6,7)/t22-,23+;/m0./s1. The van der Waals surface area contributed by atoms with Gasteiger partial charge in [0.2, 0.25) is 0 Å². The molecule has 0 radical (unpaired) electrons. The van der Waals surface area contributed by atoms with Crippen LogP contribution in [-0.4, -0.2) is 45.3 Å². The number of nitrogens with zero attached hydrogens (tertiary/aromatic N) is 1. The predicted molar refractivity (Wildman–Crippen MR) is 154 cm³/mol. The number of benzene rings is 3. The molecule has 0 aliphatic heterocycles. The van der Waals surface area contributed by atoms with Gasteiger partial charge in [0.25, 0.3) is 11.8 Å². The van der Waals surface area contributed by atoms with Crippen molar-refractivity contribution in [2.24, 2.45) is 0 Å². The molecule has 0 aliphatic rings. The molecule has 13 heteroatoms. The van der Waals surface area contributed by atoms with Crippen molar-refractivity contribution in [3.63, 3.8) is 0 Å². The molecule has 0 fully saturated rings.